The van der Waals surface area contributed by atoms with Crippen LogP contribution >= 0.6 is 27.5 Å². The molecule has 0 spiro atoms. The Labute approximate surface area is 135 Å². The average molecular weight is 366 g/mol. The average Bonchev–Trinajstić information content (AvgIpc) is 2.49. The predicted molar refractivity (Wildman–Crippen MR) is 87.7 cm³/mol. The third kappa shape index (κ3) is 3.20. The lowest BCUT2D eigenvalue weighted by Crippen LogP contribution is -1.90. The fourth-order valence-corrected chi connectivity index (χ4v) is 2.64. The minimum Gasteiger partial charge on any atom is -0.454 e. The molecule has 0 heterocycles. The Morgan fingerprint density at radius 1 is 0.952 bits per heavy atom. The molecule has 0 saturated heterocycles. The first-order chi connectivity index (χ1) is 10.2. The van der Waals surface area contributed by atoms with E-state index in [0.29, 0.717) is 5.75 Å². The van der Waals surface area contributed by atoms with Crippen LogP contribution in [-0.2, 0) is 5.88 Å². The minimum atomic E-state index is -0.413. The molecule has 0 aromatic heterocycles. The first-order valence-electron chi connectivity index (χ1n) is 6.37. The molecule has 0 aliphatic rings. The second-order valence-electron chi connectivity index (χ2n) is 4.65. The van der Waals surface area contributed by atoms with Crippen LogP contribution in [0.3, 0.4) is 0 Å². The lowest BCUT2D eigenvalue weighted by molar-refractivity contribution is 0.442. The highest BCUT2D eigenvalue weighted by atomic mass is 79.9. The molecule has 4 heteroatoms. The minimum absolute atomic E-state index is 0.195. The van der Waals surface area contributed by atoms with Crippen molar-refractivity contribution in [1.82, 2.24) is 0 Å². The molecule has 3 aromatic carbocycles. The smallest absolute Gasteiger partial charge is 0.166 e. The van der Waals surface area contributed by atoms with E-state index in [9.17, 15) is 4.39 Å². The summed E-state index contributed by atoms with van der Waals surface area (Å²) in [5, 5.41) is 2.13. The van der Waals surface area contributed by atoms with Gasteiger partial charge in [-0.3, -0.25) is 0 Å². The number of rotatable bonds is 3. The zero-order valence-corrected chi connectivity index (χ0v) is 13.3. The normalized spacial score (nSPS) is 10.8. The number of halogens is 3. The second-order valence-corrected chi connectivity index (χ2v) is 5.84. The first kappa shape index (κ1) is 14.4. The fourth-order valence-electron chi connectivity index (χ4n) is 2.10. The van der Waals surface area contributed by atoms with E-state index in [2.05, 4.69) is 15.9 Å². The molecule has 3 rings (SSSR count). The van der Waals surface area contributed by atoms with Gasteiger partial charge in [0.2, 0.25) is 0 Å². The van der Waals surface area contributed by atoms with Crippen LogP contribution in [0.25, 0.3) is 10.8 Å². The maximum atomic E-state index is 13.9. The van der Waals surface area contributed by atoms with Crippen LogP contribution in [0, 0.1) is 5.82 Å². The predicted octanol–water partition coefficient (Wildman–Crippen LogP) is 6.27. The van der Waals surface area contributed by atoms with Gasteiger partial charge in [0.05, 0.1) is 0 Å². The third-order valence-corrected chi connectivity index (χ3v) is 3.95. The van der Waals surface area contributed by atoms with Crippen LogP contribution in [0.5, 0.6) is 11.5 Å². The molecule has 21 heavy (non-hydrogen) atoms. The van der Waals surface area contributed by atoms with Gasteiger partial charge in [-0.15, -0.1) is 11.6 Å². The molecule has 0 atom stereocenters. The molecule has 0 radical (unpaired) electrons. The third-order valence-electron chi connectivity index (χ3n) is 3.15. The van der Waals surface area contributed by atoms with Crippen molar-refractivity contribution >= 4 is 38.3 Å². The van der Waals surface area contributed by atoms with Gasteiger partial charge in [-0.1, -0.05) is 34.1 Å². The molecule has 1 nitrogen and oxygen atoms in total. The molecule has 0 fully saturated rings. The van der Waals surface area contributed by atoms with Gasteiger partial charge in [0.15, 0.2) is 11.6 Å². The molecular formula is C17H11BrClFO. The van der Waals surface area contributed by atoms with Crippen LogP contribution in [0.4, 0.5) is 4.39 Å². The summed E-state index contributed by atoms with van der Waals surface area (Å²) in [4.78, 5) is 0. The highest BCUT2D eigenvalue weighted by molar-refractivity contribution is 9.10. The van der Waals surface area contributed by atoms with Gasteiger partial charge in [0.25, 0.3) is 0 Å². The summed E-state index contributed by atoms with van der Waals surface area (Å²) in [5.74, 6) is 0.661. The molecule has 0 bridgehead atoms. The topological polar surface area (TPSA) is 9.23 Å². The zero-order chi connectivity index (χ0) is 14.8. The molecule has 3 aromatic rings. The van der Waals surface area contributed by atoms with Crippen LogP contribution in [0.15, 0.2) is 59.1 Å². The van der Waals surface area contributed by atoms with E-state index in [1.54, 1.807) is 12.1 Å². The molecule has 0 unspecified atom stereocenters. The number of hydrogen-bond acceptors (Lipinski definition) is 1. The summed E-state index contributed by atoms with van der Waals surface area (Å²) in [6.45, 7) is 0. The maximum Gasteiger partial charge on any atom is 0.166 e. The monoisotopic (exact) mass is 364 g/mol. The summed E-state index contributed by atoms with van der Waals surface area (Å²) < 4.78 is 20.5. The number of fused-ring (bicyclic) bond motifs is 1. The molecular weight excluding hydrogens is 355 g/mol. The van der Waals surface area contributed by atoms with E-state index >= 15 is 0 Å². The lowest BCUT2D eigenvalue weighted by atomic mass is 10.1. The van der Waals surface area contributed by atoms with Crippen LogP contribution < -0.4 is 4.74 Å². The number of hydrogen-bond donors (Lipinski definition) is 0. The Morgan fingerprint density at radius 2 is 1.71 bits per heavy atom. The Kier molecular flexibility index (Phi) is 4.13. The van der Waals surface area contributed by atoms with E-state index < -0.39 is 5.82 Å². The van der Waals surface area contributed by atoms with Crippen LogP contribution in [-0.4, -0.2) is 0 Å². The SMILES string of the molecule is Fc1cc(CCl)ccc1Oc1ccc2cc(Br)ccc2c1. The summed E-state index contributed by atoms with van der Waals surface area (Å²) in [6.07, 6.45) is 0. The van der Waals surface area contributed by atoms with E-state index in [1.807, 2.05) is 36.4 Å². The molecule has 0 saturated carbocycles. The van der Waals surface area contributed by atoms with Gasteiger partial charge in [0.1, 0.15) is 5.75 Å². The highest BCUT2D eigenvalue weighted by Gasteiger charge is 2.06. The van der Waals surface area contributed by atoms with Gasteiger partial charge >= 0.3 is 0 Å². The number of alkyl halides is 1. The van der Waals surface area contributed by atoms with Gasteiger partial charge in [0, 0.05) is 10.4 Å². The highest BCUT2D eigenvalue weighted by Crippen LogP contribution is 2.29. The summed E-state index contributed by atoms with van der Waals surface area (Å²) in [6, 6.07) is 16.4. The summed E-state index contributed by atoms with van der Waals surface area (Å²) in [7, 11) is 0. The van der Waals surface area contributed by atoms with Crippen molar-refractivity contribution in [2.24, 2.45) is 0 Å². The standard InChI is InChI=1S/C17H11BrClFO/c18-14-4-2-13-9-15(5-3-12(13)8-14)21-17-6-1-11(10-19)7-16(17)20/h1-9H,10H2. The lowest BCUT2D eigenvalue weighted by Gasteiger charge is -2.09. The number of benzene rings is 3. The fraction of sp³-hybridized carbons (Fsp3) is 0.0588. The van der Waals surface area contributed by atoms with Gasteiger partial charge in [-0.25, -0.2) is 4.39 Å². The van der Waals surface area contributed by atoms with Crippen molar-refractivity contribution in [2.75, 3.05) is 0 Å². The van der Waals surface area contributed by atoms with Crippen molar-refractivity contribution in [1.29, 1.82) is 0 Å². The van der Waals surface area contributed by atoms with Crippen molar-refractivity contribution in [3.05, 3.63) is 70.5 Å². The van der Waals surface area contributed by atoms with E-state index in [1.165, 1.54) is 6.07 Å². The second kappa shape index (κ2) is 6.04. The Bertz CT molecular complexity index is 804. The van der Waals surface area contributed by atoms with E-state index in [0.717, 1.165) is 20.8 Å². The molecule has 0 N–H and O–H groups in total. The Hall–Kier alpha value is -1.58. The molecule has 0 aliphatic heterocycles. The molecule has 0 amide bonds. The maximum absolute atomic E-state index is 13.9. The molecule has 0 aliphatic carbocycles. The van der Waals surface area contributed by atoms with Crippen molar-refractivity contribution in [3.8, 4) is 11.5 Å². The van der Waals surface area contributed by atoms with Crippen LogP contribution in [0.1, 0.15) is 5.56 Å². The van der Waals surface area contributed by atoms with Crippen LogP contribution in [0.2, 0.25) is 0 Å². The van der Waals surface area contributed by atoms with Crippen molar-refractivity contribution in [3.63, 3.8) is 0 Å². The number of ether oxygens (including phenoxy) is 1. The summed E-state index contributed by atoms with van der Waals surface area (Å²) in [5.41, 5.74) is 0.727. The molecule has 106 valence electrons. The quantitative estimate of drug-likeness (QED) is 0.497. The van der Waals surface area contributed by atoms with E-state index in [4.69, 9.17) is 16.3 Å². The van der Waals surface area contributed by atoms with E-state index in [-0.39, 0.29) is 11.6 Å². The van der Waals surface area contributed by atoms with Crippen molar-refractivity contribution < 1.29 is 9.13 Å². The Balaban J connectivity index is 1.92. The summed E-state index contributed by atoms with van der Waals surface area (Å²) >= 11 is 9.11. The largest absolute Gasteiger partial charge is 0.454 e. The zero-order valence-electron chi connectivity index (χ0n) is 10.9. The Morgan fingerprint density at radius 3 is 2.48 bits per heavy atom. The van der Waals surface area contributed by atoms with Gasteiger partial charge in [-0.05, 0) is 52.7 Å². The van der Waals surface area contributed by atoms with Crippen molar-refractivity contribution in [2.45, 2.75) is 5.88 Å². The first-order valence-corrected chi connectivity index (χ1v) is 7.70. The van der Waals surface area contributed by atoms with Gasteiger partial charge in [-0.2, -0.15) is 0 Å². The van der Waals surface area contributed by atoms with Gasteiger partial charge < -0.3 is 4.74 Å².